The highest BCUT2D eigenvalue weighted by atomic mass is 32.1. The number of pyridine rings is 1. The molecule has 1 aliphatic carbocycles. The van der Waals surface area contributed by atoms with Crippen LogP contribution < -0.4 is 5.32 Å². The summed E-state index contributed by atoms with van der Waals surface area (Å²) in [5.74, 6) is 0.585. The van der Waals surface area contributed by atoms with E-state index >= 15 is 0 Å². The maximum atomic E-state index is 10.5. The summed E-state index contributed by atoms with van der Waals surface area (Å²) >= 11 is 1.44. The first kappa shape index (κ1) is 21.1. The van der Waals surface area contributed by atoms with Crippen molar-refractivity contribution in [2.75, 3.05) is 5.32 Å². The van der Waals surface area contributed by atoms with Crippen LogP contribution in [0.3, 0.4) is 0 Å². The van der Waals surface area contributed by atoms with Gasteiger partial charge in [0.25, 0.3) is 5.78 Å². The number of nitrogens with zero attached hydrogens (tertiary/aromatic N) is 6. The predicted octanol–water partition coefficient (Wildman–Crippen LogP) is 4.98. The maximum Gasteiger partial charge on any atom is 0.250 e. The predicted molar refractivity (Wildman–Crippen MR) is 139 cm³/mol. The van der Waals surface area contributed by atoms with Gasteiger partial charge in [0.15, 0.2) is 11.4 Å². The van der Waals surface area contributed by atoms with Crippen molar-refractivity contribution in [1.29, 1.82) is 0 Å². The lowest BCUT2D eigenvalue weighted by molar-refractivity contribution is 0.208. The van der Waals surface area contributed by atoms with Gasteiger partial charge in [-0.25, -0.2) is 15.0 Å². The van der Waals surface area contributed by atoms with E-state index in [1.807, 2.05) is 52.6 Å². The fourth-order valence-corrected chi connectivity index (χ4v) is 5.31. The molecule has 0 bridgehead atoms. The van der Waals surface area contributed by atoms with Crippen LogP contribution in [0.5, 0.6) is 0 Å². The number of imidazole rings is 1. The SMILES string of the molecule is OC(Nc1nccs1)c1ccc(-c2cnc3ncc(C4(c5ccc6ncccc6c5)CC4)n3n2)cc1. The largest absolute Gasteiger partial charge is 0.369 e. The third-order valence-corrected chi connectivity index (χ3v) is 7.54. The van der Waals surface area contributed by atoms with Crippen molar-refractivity contribution < 1.29 is 5.11 Å². The lowest BCUT2D eigenvalue weighted by atomic mass is 9.91. The standard InChI is InChI=1S/C27H21N7OS/c35-24(32-26-29-12-13-36-26)18-5-3-17(4-6-18)22-15-30-25-31-16-23(34(25)33-22)27(9-10-27)20-7-8-21-19(14-20)2-1-11-28-21/h1-8,11-16,24,35H,9-10H2,(H,29,32). The monoisotopic (exact) mass is 491 g/mol. The van der Waals surface area contributed by atoms with Crippen LogP contribution in [-0.2, 0) is 5.41 Å². The van der Waals surface area contributed by atoms with Crippen molar-refractivity contribution in [2.24, 2.45) is 0 Å². The molecule has 8 nitrogen and oxygen atoms in total. The molecule has 1 saturated carbocycles. The highest BCUT2D eigenvalue weighted by molar-refractivity contribution is 7.13. The molecule has 1 aliphatic rings. The first-order valence-corrected chi connectivity index (χ1v) is 12.6. The minimum absolute atomic E-state index is 0.119. The Labute approximate surface area is 210 Å². The zero-order chi connectivity index (χ0) is 24.1. The Hall–Kier alpha value is -4.21. The van der Waals surface area contributed by atoms with Gasteiger partial charge in [-0.2, -0.15) is 9.61 Å². The molecular formula is C27H21N7OS. The number of fused-ring (bicyclic) bond motifs is 2. The summed E-state index contributed by atoms with van der Waals surface area (Å²) in [4.78, 5) is 17.7. The molecule has 0 aliphatic heterocycles. The van der Waals surface area contributed by atoms with Gasteiger partial charge in [-0.15, -0.1) is 11.3 Å². The average molecular weight is 492 g/mol. The molecule has 2 N–H and O–H groups in total. The van der Waals surface area contributed by atoms with E-state index in [1.165, 1.54) is 16.9 Å². The minimum atomic E-state index is -0.842. The maximum absolute atomic E-state index is 10.5. The van der Waals surface area contributed by atoms with Gasteiger partial charge < -0.3 is 10.4 Å². The van der Waals surface area contributed by atoms with Gasteiger partial charge in [-0.1, -0.05) is 36.4 Å². The van der Waals surface area contributed by atoms with E-state index in [2.05, 4.69) is 49.5 Å². The molecule has 9 heteroatoms. The summed E-state index contributed by atoms with van der Waals surface area (Å²) in [6.45, 7) is 0. The third kappa shape index (κ3) is 3.52. The Morgan fingerprint density at radius 3 is 2.61 bits per heavy atom. The first-order valence-electron chi connectivity index (χ1n) is 11.7. The first-order chi connectivity index (χ1) is 17.7. The zero-order valence-corrected chi connectivity index (χ0v) is 19.9. The molecule has 4 aromatic heterocycles. The Balaban J connectivity index is 1.22. The van der Waals surface area contributed by atoms with Crippen LogP contribution in [-0.4, -0.2) is 34.7 Å². The van der Waals surface area contributed by atoms with Crippen LogP contribution in [0.2, 0.25) is 0 Å². The van der Waals surface area contributed by atoms with Crippen molar-refractivity contribution >= 4 is 33.1 Å². The van der Waals surface area contributed by atoms with E-state index in [-0.39, 0.29) is 5.41 Å². The van der Waals surface area contributed by atoms with E-state index in [0.29, 0.717) is 10.9 Å². The lowest BCUT2D eigenvalue weighted by Gasteiger charge is -2.16. The quantitative estimate of drug-likeness (QED) is 0.317. The second-order valence-corrected chi connectivity index (χ2v) is 9.89. The Bertz CT molecular complexity index is 1690. The van der Waals surface area contributed by atoms with Crippen LogP contribution in [0.4, 0.5) is 5.13 Å². The minimum Gasteiger partial charge on any atom is -0.369 e. The molecule has 0 radical (unpaired) electrons. The van der Waals surface area contributed by atoms with Gasteiger partial charge in [0.1, 0.15) is 5.69 Å². The Kier molecular flexibility index (Phi) is 4.80. The third-order valence-electron chi connectivity index (χ3n) is 6.84. The van der Waals surface area contributed by atoms with Gasteiger partial charge >= 0.3 is 0 Å². The molecule has 0 spiro atoms. The number of aliphatic hydroxyl groups is 1. The number of rotatable bonds is 6. The molecule has 0 amide bonds. The Morgan fingerprint density at radius 1 is 0.944 bits per heavy atom. The van der Waals surface area contributed by atoms with Gasteiger partial charge in [0.2, 0.25) is 0 Å². The molecule has 1 unspecified atom stereocenters. The van der Waals surface area contributed by atoms with E-state index in [1.54, 1.807) is 12.4 Å². The van der Waals surface area contributed by atoms with Crippen molar-refractivity contribution in [2.45, 2.75) is 24.5 Å². The summed E-state index contributed by atoms with van der Waals surface area (Å²) in [5.41, 5.74) is 5.58. The van der Waals surface area contributed by atoms with Gasteiger partial charge in [-0.3, -0.25) is 4.98 Å². The number of nitrogens with one attached hydrogen (secondary N) is 1. The van der Waals surface area contributed by atoms with E-state index in [0.717, 1.165) is 46.3 Å². The number of hydrogen-bond acceptors (Lipinski definition) is 8. The second kappa shape index (κ2) is 8.18. The number of thiazole rings is 1. The molecule has 2 aromatic carbocycles. The number of aromatic nitrogens is 6. The van der Waals surface area contributed by atoms with Crippen LogP contribution in [0.25, 0.3) is 27.9 Å². The molecule has 4 heterocycles. The molecule has 1 fully saturated rings. The molecule has 36 heavy (non-hydrogen) atoms. The second-order valence-electron chi connectivity index (χ2n) is 9.00. The lowest BCUT2D eigenvalue weighted by Crippen LogP contribution is -2.14. The van der Waals surface area contributed by atoms with Gasteiger partial charge in [0, 0.05) is 39.7 Å². The van der Waals surface area contributed by atoms with E-state index < -0.39 is 6.23 Å². The van der Waals surface area contributed by atoms with Crippen molar-refractivity contribution in [1.82, 2.24) is 29.5 Å². The Morgan fingerprint density at radius 2 is 1.81 bits per heavy atom. The number of hydrogen-bond donors (Lipinski definition) is 2. The molecule has 6 aromatic rings. The normalized spacial score (nSPS) is 15.2. The fourth-order valence-electron chi connectivity index (χ4n) is 4.76. The van der Waals surface area contributed by atoms with Crippen LogP contribution in [0.1, 0.15) is 35.9 Å². The summed E-state index contributed by atoms with van der Waals surface area (Å²) in [7, 11) is 0. The van der Waals surface area contributed by atoms with E-state index in [4.69, 9.17) is 5.10 Å². The highest BCUT2D eigenvalue weighted by Gasteiger charge is 2.48. The number of aliphatic hydroxyl groups excluding tert-OH is 1. The molecule has 176 valence electrons. The average Bonchev–Trinajstić information content (AvgIpc) is 3.35. The molecule has 1 atom stereocenters. The summed E-state index contributed by atoms with van der Waals surface area (Å²) in [6.07, 6.45) is 8.40. The number of anilines is 1. The molecule has 0 saturated heterocycles. The number of benzene rings is 2. The van der Waals surface area contributed by atoms with Crippen molar-refractivity contribution in [3.8, 4) is 11.3 Å². The van der Waals surface area contributed by atoms with Crippen LogP contribution in [0.15, 0.2) is 84.8 Å². The van der Waals surface area contributed by atoms with Crippen LogP contribution in [0, 0.1) is 0 Å². The summed E-state index contributed by atoms with van der Waals surface area (Å²) in [5, 5.41) is 22.1. The van der Waals surface area contributed by atoms with E-state index in [9.17, 15) is 5.11 Å². The molecular weight excluding hydrogens is 470 g/mol. The summed E-state index contributed by atoms with van der Waals surface area (Å²) in [6, 6.07) is 18.2. The highest BCUT2D eigenvalue weighted by Crippen LogP contribution is 2.53. The van der Waals surface area contributed by atoms with Crippen molar-refractivity contribution in [3.05, 3.63) is 102 Å². The topological polar surface area (TPSA) is 101 Å². The van der Waals surface area contributed by atoms with Gasteiger partial charge in [0.05, 0.1) is 23.6 Å². The van der Waals surface area contributed by atoms with Gasteiger partial charge in [-0.05, 0) is 36.6 Å². The van der Waals surface area contributed by atoms with Crippen molar-refractivity contribution in [3.63, 3.8) is 0 Å². The zero-order valence-electron chi connectivity index (χ0n) is 19.1. The molecule has 7 rings (SSSR count). The van der Waals surface area contributed by atoms with Crippen LogP contribution >= 0.6 is 11.3 Å². The fraction of sp³-hybridized carbons (Fsp3) is 0.148. The summed E-state index contributed by atoms with van der Waals surface area (Å²) < 4.78 is 1.88. The smallest absolute Gasteiger partial charge is 0.250 e.